The quantitative estimate of drug-likeness (QED) is 0.248. The Labute approximate surface area is 166 Å². The van der Waals surface area contributed by atoms with Crippen molar-refractivity contribution in [3.8, 4) is 22.3 Å². The summed E-state index contributed by atoms with van der Waals surface area (Å²) in [6.45, 7) is 0. The molecular weight excluding hydrogens is 367 g/mol. The molecule has 0 bridgehead atoms. The Balaban J connectivity index is 1.89. The van der Waals surface area contributed by atoms with Crippen molar-refractivity contribution in [2.75, 3.05) is 4.90 Å². The van der Waals surface area contributed by atoms with Crippen LogP contribution < -0.4 is 4.90 Å². The number of nitro groups is 1. The molecule has 4 aromatic carbocycles. The third-order valence-corrected chi connectivity index (χ3v) is 5.17. The van der Waals surface area contributed by atoms with E-state index in [9.17, 15) is 14.5 Å². The molecule has 0 radical (unpaired) electrons. The van der Waals surface area contributed by atoms with E-state index in [0.29, 0.717) is 0 Å². The first-order valence-electron chi connectivity index (χ1n) is 9.16. The van der Waals surface area contributed by atoms with E-state index in [1.807, 2.05) is 53.4 Å². The number of para-hydroxylation sites is 1. The molecule has 0 spiro atoms. The van der Waals surface area contributed by atoms with Gasteiger partial charge in [0.1, 0.15) is 5.82 Å². The van der Waals surface area contributed by atoms with Crippen molar-refractivity contribution < 1.29 is 9.31 Å². The number of hydrogen-bond acceptors (Lipinski definition) is 3. The summed E-state index contributed by atoms with van der Waals surface area (Å²) in [4.78, 5) is 13.1. The van der Waals surface area contributed by atoms with Gasteiger partial charge in [0.2, 0.25) is 0 Å². The van der Waals surface area contributed by atoms with Crippen molar-refractivity contribution in [3.63, 3.8) is 0 Å². The van der Waals surface area contributed by atoms with Gasteiger partial charge in [-0.25, -0.2) is 4.39 Å². The lowest BCUT2D eigenvalue weighted by atomic mass is 9.94. The molecule has 0 atom stereocenters. The van der Waals surface area contributed by atoms with Gasteiger partial charge in [-0.3, -0.25) is 10.1 Å². The largest absolute Gasteiger partial charge is 0.309 e. The molecule has 0 fully saturated rings. The highest BCUT2D eigenvalue weighted by Gasteiger charge is 2.27. The molecule has 0 aliphatic carbocycles. The monoisotopic (exact) mass is 382 g/mol. The second kappa shape index (κ2) is 6.56. The molecule has 1 aliphatic rings. The Hall–Kier alpha value is -3.99. The summed E-state index contributed by atoms with van der Waals surface area (Å²) in [5.41, 5.74) is 6.23. The van der Waals surface area contributed by atoms with Crippen molar-refractivity contribution in [2.24, 2.45) is 0 Å². The van der Waals surface area contributed by atoms with Gasteiger partial charge >= 0.3 is 0 Å². The normalized spacial score (nSPS) is 11.8. The highest BCUT2D eigenvalue weighted by atomic mass is 19.1. The summed E-state index contributed by atoms with van der Waals surface area (Å²) in [6.07, 6.45) is 0. The van der Waals surface area contributed by atoms with Gasteiger partial charge in [0.25, 0.3) is 5.69 Å². The number of hydrogen-bond donors (Lipinski definition) is 0. The molecule has 5 rings (SSSR count). The van der Waals surface area contributed by atoms with Crippen LogP contribution in [0.5, 0.6) is 0 Å². The molecule has 0 unspecified atom stereocenters. The lowest BCUT2D eigenvalue weighted by Gasteiger charge is -2.27. The van der Waals surface area contributed by atoms with Crippen molar-refractivity contribution >= 4 is 22.7 Å². The SMILES string of the molecule is O=[N+]([O-])c1ccc2c(c1)-c1ccccc1-c1ccccc1N2c1ccc(F)cc1. The Bertz CT molecular complexity index is 1250. The summed E-state index contributed by atoms with van der Waals surface area (Å²) in [7, 11) is 0. The van der Waals surface area contributed by atoms with Crippen LogP contribution in [-0.4, -0.2) is 4.92 Å². The molecule has 0 saturated heterocycles. The lowest BCUT2D eigenvalue weighted by Crippen LogP contribution is -2.11. The maximum absolute atomic E-state index is 13.6. The van der Waals surface area contributed by atoms with E-state index in [1.165, 1.54) is 18.2 Å². The summed E-state index contributed by atoms with van der Waals surface area (Å²) in [5, 5.41) is 11.4. The van der Waals surface area contributed by atoms with Crippen molar-refractivity contribution in [2.45, 2.75) is 0 Å². The third kappa shape index (κ3) is 2.75. The van der Waals surface area contributed by atoms with Gasteiger partial charge in [-0.05, 0) is 47.5 Å². The lowest BCUT2D eigenvalue weighted by molar-refractivity contribution is -0.384. The number of anilines is 3. The van der Waals surface area contributed by atoms with Crippen molar-refractivity contribution in [3.05, 3.63) is 107 Å². The van der Waals surface area contributed by atoms with E-state index in [2.05, 4.69) is 0 Å². The molecule has 1 aliphatic heterocycles. The topological polar surface area (TPSA) is 46.4 Å². The fourth-order valence-corrected chi connectivity index (χ4v) is 3.90. The maximum Gasteiger partial charge on any atom is 0.270 e. The zero-order valence-electron chi connectivity index (χ0n) is 15.2. The van der Waals surface area contributed by atoms with E-state index in [4.69, 9.17) is 0 Å². The van der Waals surface area contributed by atoms with Gasteiger partial charge < -0.3 is 4.90 Å². The van der Waals surface area contributed by atoms with Crippen LogP contribution in [0.3, 0.4) is 0 Å². The van der Waals surface area contributed by atoms with Gasteiger partial charge in [-0.2, -0.15) is 0 Å². The number of rotatable bonds is 2. The van der Waals surface area contributed by atoms with E-state index >= 15 is 0 Å². The predicted molar refractivity (Wildman–Crippen MR) is 112 cm³/mol. The van der Waals surface area contributed by atoms with Crippen LogP contribution in [0.25, 0.3) is 22.3 Å². The average Bonchev–Trinajstić information content (AvgIpc) is 2.87. The molecule has 140 valence electrons. The van der Waals surface area contributed by atoms with E-state index < -0.39 is 0 Å². The van der Waals surface area contributed by atoms with Crippen LogP contribution in [-0.2, 0) is 0 Å². The first-order valence-corrected chi connectivity index (χ1v) is 9.16. The van der Waals surface area contributed by atoms with Gasteiger partial charge in [0.05, 0.1) is 16.3 Å². The van der Waals surface area contributed by atoms with Crippen LogP contribution in [0.4, 0.5) is 27.1 Å². The minimum absolute atomic E-state index is 0.0311. The standard InChI is InChI=1S/C24H15FN2O2/c25-16-9-11-17(12-10-16)26-23-8-4-3-7-21(23)19-5-1-2-6-20(19)22-15-18(27(28)29)13-14-24(22)26/h1-15H. The van der Waals surface area contributed by atoms with Crippen molar-refractivity contribution in [1.29, 1.82) is 0 Å². The highest BCUT2D eigenvalue weighted by Crippen LogP contribution is 2.51. The molecule has 4 aromatic rings. The number of nitrogens with zero attached hydrogens (tertiary/aromatic N) is 2. The fourth-order valence-electron chi connectivity index (χ4n) is 3.90. The molecule has 29 heavy (non-hydrogen) atoms. The van der Waals surface area contributed by atoms with Crippen LogP contribution in [0.15, 0.2) is 91.0 Å². The first-order chi connectivity index (χ1) is 14.1. The third-order valence-electron chi connectivity index (χ3n) is 5.17. The molecule has 0 aromatic heterocycles. The molecule has 4 nitrogen and oxygen atoms in total. The molecular formula is C24H15FN2O2. The minimum atomic E-state index is -0.386. The fraction of sp³-hybridized carbons (Fsp3) is 0. The van der Waals surface area contributed by atoms with Crippen LogP contribution >= 0.6 is 0 Å². The summed E-state index contributed by atoms with van der Waals surface area (Å²) < 4.78 is 13.6. The summed E-state index contributed by atoms with van der Waals surface area (Å²) >= 11 is 0. The molecule has 1 heterocycles. The molecule has 5 heteroatoms. The number of benzene rings is 4. The number of fused-ring (bicyclic) bond motifs is 5. The minimum Gasteiger partial charge on any atom is -0.309 e. The van der Waals surface area contributed by atoms with Gasteiger partial charge in [0, 0.05) is 28.9 Å². The van der Waals surface area contributed by atoms with E-state index in [0.717, 1.165) is 39.3 Å². The number of halogens is 1. The Kier molecular flexibility index (Phi) is 3.88. The summed E-state index contributed by atoms with van der Waals surface area (Å²) in [6, 6.07) is 27.0. The van der Waals surface area contributed by atoms with E-state index in [1.54, 1.807) is 24.3 Å². The second-order valence-electron chi connectivity index (χ2n) is 6.83. The molecule has 0 amide bonds. The van der Waals surface area contributed by atoms with Crippen LogP contribution in [0, 0.1) is 15.9 Å². The summed E-state index contributed by atoms with van der Waals surface area (Å²) in [5.74, 6) is -0.316. The van der Waals surface area contributed by atoms with Crippen molar-refractivity contribution in [1.82, 2.24) is 0 Å². The number of nitro benzene ring substituents is 1. The van der Waals surface area contributed by atoms with E-state index in [-0.39, 0.29) is 16.4 Å². The predicted octanol–water partition coefficient (Wildman–Crippen LogP) is 6.85. The van der Waals surface area contributed by atoms with Gasteiger partial charge in [-0.15, -0.1) is 0 Å². The average molecular weight is 382 g/mol. The van der Waals surface area contributed by atoms with Gasteiger partial charge in [0.15, 0.2) is 0 Å². The Morgan fingerprint density at radius 1 is 0.690 bits per heavy atom. The highest BCUT2D eigenvalue weighted by molar-refractivity contribution is 6.02. The van der Waals surface area contributed by atoms with Crippen LogP contribution in [0.1, 0.15) is 0 Å². The Morgan fingerprint density at radius 3 is 1.97 bits per heavy atom. The van der Waals surface area contributed by atoms with Crippen LogP contribution in [0.2, 0.25) is 0 Å². The zero-order valence-corrected chi connectivity index (χ0v) is 15.2. The molecule has 0 saturated carbocycles. The molecule has 0 N–H and O–H groups in total. The Morgan fingerprint density at radius 2 is 1.28 bits per heavy atom. The van der Waals surface area contributed by atoms with Gasteiger partial charge in [-0.1, -0.05) is 42.5 Å². The smallest absolute Gasteiger partial charge is 0.270 e. The first kappa shape index (κ1) is 17.1. The number of non-ortho nitro benzene ring substituents is 1. The maximum atomic E-state index is 13.6. The second-order valence-corrected chi connectivity index (χ2v) is 6.83. The zero-order chi connectivity index (χ0) is 20.0.